The first-order chi connectivity index (χ1) is 8.16. The van der Waals surface area contributed by atoms with Gasteiger partial charge in [0.2, 0.25) is 5.91 Å². The van der Waals surface area contributed by atoms with Gasteiger partial charge < -0.3 is 16.4 Å². The number of aryl methyl sites for hydroxylation is 1. The molecule has 1 aromatic rings. The highest BCUT2D eigenvalue weighted by atomic mass is 16.2. The molecule has 2 rings (SSSR count). The summed E-state index contributed by atoms with van der Waals surface area (Å²) in [6.07, 6.45) is 2.10. The van der Waals surface area contributed by atoms with E-state index in [4.69, 9.17) is 5.73 Å². The predicted molar refractivity (Wildman–Crippen MR) is 69.8 cm³/mol. The first kappa shape index (κ1) is 11.8. The first-order valence-corrected chi connectivity index (χ1v) is 6.04. The molecule has 4 N–H and O–H groups in total. The molecule has 0 saturated heterocycles. The van der Waals surface area contributed by atoms with E-state index in [0.29, 0.717) is 6.54 Å². The van der Waals surface area contributed by atoms with Gasteiger partial charge in [-0.3, -0.25) is 4.79 Å². The number of rotatable bonds is 5. The minimum absolute atomic E-state index is 0.195. The third-order valence-corrected chi connectivity index (χ3v) is 2.94. The van der Waals surface area contributed by atoms with Crippen LogP contribution in [0.1, 0.15) is 18.4 Å². The van der Waals surface area contributed by atoms with E-state index in [9.17, 15) is 4.79 Å². The Hall–Kier alpha value is -1.71. The van der Waals surface area contributed by atoms with Gasteiger partial charge in [0, 0.05) is 30.4 Å². The summed E-state index contributed by atoms with van der Waals surface area (Å²) in [5.41, 5.74) is 8.64. The number of nitrogens with one attached hydrogen (secondary N) is 2. The lowest BCUT2D eigenvalue weighted by Gasteiger charge is -2.10. The van der Waals surface area contributed by atoms with Gasteiger partial charge in [-0.2, -0.15) is 0 Å². The Balaban J connectivity index is 1.72. The summed E-state index contributed by atoms with van der Waals surface area (Å²) in [4.78, 5) is 11.4. The number of carbonyl (C=O) groups excluding carboxylic acids is 1. The van der Waals surface area contributed by atoms with E-state index in [0.717, 1.165) is 36.3 Å². The normalized spacial score (nSPS) is 14.4. The second kappa shape index (κ2) is 5.08. The quantitative estimate of drug-likeness (QED) is 0.533. The number of hydrogen-bond acceptors (Lipinski definition) is 3. The molecule has 0 radical (unpaired) electrons. The Morgan fingerprint density at radius 2 is 2.18 bits per heavy atom. The summed E-state index contributed by atoms with van der Waals surface area (Å²) in [7, 11) is 0. The molecule has 17 heavy (non-hydrogen) atoms. The number of benzene rings is 1. The summed E-state index contributed by atoms with van der Waals surface area (Å²) >= 11 is 0. The van der Waals surface area contributed by atoms with Crippen LogP contribution in [0.25, 0.3) is 0 Å². The summed E-state index contributed by atoms with van der Waals surface area (Å²) in [6.45, 7) is 3.42. The zero-order valence-electron chi connectivity index (χ0n) is 10.1. The van der Waals surface area contributed by atoms with Crippen molar-refractivity contribution in [1.29, 1.82) is 0 Å². The van der Waals surface area contributed by atoms with Crippen molar-refractivity contribution in [3.05, 3.63) is 23.8 Å². The van der Waals surface area contributed by atoms with Crippen molar-refractivity contribution < 1.29 is 4.79 Å². The van der Waals surface area contributed by atoms with Crippen molar-refractivity contribution >= 4 is 17.3 Å². The van der Waals surface area contributed by atoms with Crippen molar-refractivity contribution in [1.82, 2.24) is 5.32 Å². The third-order valence-electron chi connectivity index (χ3n) is 2.94. The monoisotopic (exact) mass is 233 g/mol. The molecule has 0 atom stereocenters. The Morgan fingerprint density at radius 1 is 1.41 bits per heavy atom. The van der Waals surface area contributed by atoms with Crippen LogP contribution in [0, 0.1) is 12.8 Å². The molecule has 1 saturated carbocycles. The number of anilines is 2. The Labute approximate surface area is 102 Å². The van der Waals surface area contributed by atoms with E-state index in [1.807, 2.05) is 25.1 Å². The molecular formula is C13H19N3O. The highest BCUT2D eigenvalue weighted by molar-refractivity contribution is 5.80. The van der Waals surface area contributed by atoms with E-state index in [1.54, 1.807) is 0 Å². The van der Waals surface area contributed by atoms with Crippen LogP contribution in [0.3, 0.4) is 0 Å². The average Bonchev–Trinajstić information content (AvgIpc) is 3.10. The van der Waals surface area contributed by atoms with Gasteiger partial charge in [0.15, 0.2) is 0 Å². The zero-order valence-corrected chi connectivity index (χ0v) is 10.1. The Morgan fingerprint density at radius 3 is 2.82 bits per heavy atom. The second-order valence-electron chi connectivity index (χ2n) is 4.57. The molecule has 0 unspecified atom stereocenters. The van der Waals surface area contributed by atoms with E-state index in [1.165, 1.54) is 0 Å². The Bertz CT molecular complexity index is 413. The van der Waals surface area contributed by atoms with Crippen molar-refractivity contribution in [3.8, 4) is 0 Å². The molecular weight excluding hydrogens is 214 g/mol. The van der Waals surface area contributed by atoms with Crippen LogP contribution in [-0.2, 0) is 4.79 Å². The number of nitrogen functional groups attached to an aromatic ring is 1. The molecule has 0 heterocycles. The molecule has 92 valence electrons. The van der Waals surface area contributed by atoms with Crippen molar-refractivity contribution in [2.24, 2.45) is 5.92 Å². The minimum atomic E-state index is 0.195. The lowest BCUT2D eigenvalue weighted by atomic mass is 10.2. The van der Waals surface area contributed by atoms with Crippen LogP contribution < -0.4 is 16.4 Å². The third kappa shape index (κ3) is 3.37. The molecule has 1 fully saturated rings. The smallest absolute Gasteiger partial charge is 0.223 e. The van der Waals surface area contributed by atoms with E-state index < -0.39 is 0 Å². The summed E-state index contributed by atoms with van der Waals surface area (Å²) in [6, 6.07) is 5.77. The average molecular weight is 233 g/mol. The van der Waals surface area contributed by atoms with Crippen LogP contribution in [0.4, 0.5) is 11.4 Å². The largest absolute Gasteiger partial charge is 0.399 e. The van der Waals surface area contributed by atoms with Gasteiger partial charge in [-0.25, -0.2) is 0 Å². The van der Waals surface area contributed by atoms with E-state index in [-0.39, 0.29) is 11.8 Å². The van der Waals surface area contributed by atoms with Gasteiger partial charge in [0.05, 0.1) is 0 Å². The van der Waals surface area contributed by atoms with Crippen molar-refractivity contribution in [2.75, 3.05) is 24.1 Å². The number of hydrogen-bond donors (Lipinski definition) is 3. The van der Waals surface area contributed by atoms with Crippen molar-refractivity contribution in [2.45, 2.75) is 19.8 Å². The summed E-state index contributed by atoms with van der Waals surface area (Å²) in [5, 5.41) is 6.20. The van der Waals surface area contributed by atoms with Crippen LogP contribution in [0.15, 0.2) is 18.2 Å². The van der Waals surface area contributed by atoms with Gasteiger partial charge in [-0.1, -0.05) is 0 Å². The van der Waals surface area contributed by atoms with Gasteiger partial charge in [-0.05, 0) is 43.5 Å². The van der Waals surface area contributed by atoms with Gasteiger partial charge in [0.1, 0.15) is 0 Å². The minimum Gasteiger partial charge on any atom is -0.399 e. The molecule has 4 nitrogen and oxygen atoms in total. The van der Waals surface area contributed by atoms with Gasteiger partial charge in [-0.15, -0.1) is 0 Å². The molecule has 1 amide bonds. The lowest BCUT2D eigenvalue weighted by molar-refractivity contribution is -0.122. The summed E-state index contributed by atoms with van der Waals surface area (Å²) in [5.74, 6) is 0.481. The highest BCUT2D eigenvalue weighted by Crippen LogP contribution is 2.28. The molecule has 0 aliphatic heterocycles. The van der Waals surface area contributed by atoms with Crippen LogP contribution >= 0.6 is 0 Å². The maximum absolute atomic E-state index is 11.4. The van der Waals surface area contributed by atoms with Crippen molar-refractivity contribution in [3.63, 3.8) is 0 Å². The standard InChI is InChI=1S/C13H19N3O/c1-9-8-11(14)4-5-12(9)15-6-7-16-13(17)10-2-3-10/h4-5,8,10,15H,2-3,6-7,14H2,1H3,(H,16,17). The van der Waals surface area contributed by atoms with Gasteiger partial charge in [0.25, 0.3) is 0 Å². The zero-order chi connectivity index (χ0) is 12.3. The maximum atomic E-state index is 11.4. The maximum Gasteiger partial charge on any atom is 0.223 e. The fraction of sp³-hybridized carbons (Fsp3) is 0.462. The van der Waals surface area contributed by atoms with E-state index >= 15 is 0 Å². The number of carbonyl (C=O) groups is 1. The van der Waals surface area contributed by atoms with Crippen LogP contribution in [0.5, 0.6) is 0 Å². The van der Waals surface area contributed by atoms with Crippen LogP contribution in [0.2, 0.25) is 0 Å². The number of amides is 1. The molecule has 0 bridgehead atoms. The first-order valence-electron chi connectivity index (χ1n) is 6.04. The molecule has 0 spiro atoms. The molecule has 1 aromatic carbocycles. The molecule has 1 aliphatic rings. The fourth-order valence-electron chi connectivity index (χ4n) is 1.76. The number of nitrogens with two attached hydrogens (primary N) is 1. The fourth-order valence-corrected chi connectivity index (χ4v) is 1.76. The van der Waals surface area contributed by atoms with Crippen LogP contribution in [-0.4, -0.2) is 19.0 Å². The SMILES string of the molecule is Cc1cc(N)ccc1NCCNC(=O)C1CC1. The highest BCUT2D eigenvalue weighted by Gasteiger charge is 2.28. The molecule has 4 heteroatoms. The van der Waals surface area contributed by atoms with E-state index in [2.05, 4.69) is 10.6 Å². The molecule has 0 aromatic heterocycles. The predicted octanol–water partition coefficient (Wildman–Crippen LogP) is 1.52. The topological polar surface area (TPSA) is 67.2 Å². The Kier molecular flexibility index (Phi) is 3.52. The summed E-state index contributed by atoms with van der Waals surface area (Å²) < 4.78 is 0. The van der Waals surface area contributed by atoms with Gasteiger partial charge >= 0.3 is 0 Å². The lowest BCUT2D eigenvalue weighted by Crippen LogP contribution is -2.29. The molecule has 1 aliphatic carbocycles. The second-order valence-corrected chi connectivity index (χ2v) is 4.57.